The van der Waals surface area contributed by atoms with Crippen molar-refractivity contribution in [3.63, 3.8) is 0 Å². The van der Waals surface area contributed by atoms with E-state index in [1.165, 1.54) is 32.1 Å². The highest BCUT2D eigenvalue weighted by Gasteiger charge is 2.26. The largest absolute Gasteiger partial charge is 0.298 e. The molecule has 1 unspecified atom stereocenters. The fraction of sp³-hybridized carbons (Fsp3) is 0.923. The minimum atomic E-state index is 0.395. The highest BCUT2D eigenvalue weighted by Crippen LogP contribution is 2.25. The molecule has 0 aromatic heterocycles. The SMILES string of the molecule is CC1CCCN1CC(=O)C1CCCCC1. The highest BCUT2D eigenvalue weighted by atomic mass is 16.1. The van der Waals surface area contributed by atoms with Crippen LogP contribution in [-0.2, 0) is 4.79 Å². The first-order valence-electron chi connectivity index (χ1n) is 6.54. The molecule has 2 heteroatoms. The quantitative estimate of drug-likeness (QED) is 0.712. The van der Waals surface area contributed by atoms with Gasteiger partial charge in [-0.1, -0.05) is 19.3 Å². The van der Waals surface area contributed by atoms with Gasteiger partial charge in [-0.25, -0.2) is 0 Å². The molecule has 0 amide bonds. The first-order valence-corrected chi connectivity index (χ1v) is 6.54. The van der Waals surface area contributed by atoms with Crippen molar-refractivity contribution in [3.05, 3.63) is 0 Å². The van der Waals surface area contributed by atoms with E-state index in [1.807, 2.05) is 0 Å². The van der Waals surface area contributed by atoms with E-state index in [2.05, 4.69) is 11.8 Å². The zero-order chi connectivity index (χ0) is 10.7. The summed E-state index contributed by atoms with van der Waals surface area (Å²) in [5.74, 6) is 0.912. The lowest BCUT2D eigenvalue weighted by Gasteiger charge is -2.25. The molecular weight excluding hydrogens is 186 g/mol. The predicted molar refractivity (Wildman–Crippen MR) is 61.9 cm³/mol. The third-order valence-corrected chi connectivity index (χ3v) is 4.11. The molecule has 1 saturated carbocycles. The summed E-state index contributed by atoms with van der Waals surface area (Å²) in [5, 5.41) is 0. The Hall–Kier alpha value is -0.370. The van der Waals surface area contributed by atoms with Crippen LogP contribution >= 0.6 is 0 Å². The van der Waals surface area contributed by atoms with E-state index in [9.17, 15) is 4.79 Å². The second kappa shape index (κ2) is 5.11. The van der Waals surface area contributed by atoms with Gasteiger partial charge in [0.2, 0.25) is 0 Å². The summed E-state index contributed by atoms with van der Waals surface area (Å²) in [6, 6.07) is 0.637. The van der Waals surface area contributed by atoms with Crippen molar-refractivity contribution < 1.29 is 4.79 Å². The molecule has 2 fully saturated rings. The molecule has 1 saturated heterocycles. The van der Waals surface area contributed by atoms with Crippen LogP contribution in [0.5, 0.6) is 0 Å². The van der Waals surface area contributed by atoms with Crippen molar-refractivity contribution in [2.75, 3.05) is 13.1 Å². The van der Waals surface area contributed by atoms with Gasteiger partial charge in [0, 0.05) is 12.0 Å². The molecule has 1 heterocycles. The minimum Gasteiger partial charge on any atom is -0.298 e. The van der Waals surface area contributed by atoms with E-state index < -0.39 is 0 Å². The molecule has 0 aromatic rings. The van der Waals surface area contributed by atoms with Gasteiger partial charge in [-0.2, -0.15) is 0 Å². The van der Waals surface area contributed by atoms with E-state index in [0.717, 1.165) is 25.9 Å². The van der Waals surface area contributed by atoms with Crippen molar-refractivity contribution in [1.82, 2.24) is 4.90 Å². The van der Waals surface area contributed by atoms with Crippen LogP contribution in [-0.4, -0.2) is 29.8 Å². The van der Waals surface area contributed by atoms with Crippen molar-refractivity contribution in [2.45, 2.75) is 57.9 Å². The fourth-order valence-electron chi connectivity index (χ4n) is 2.98. The van der Waals surface area contributed by atoms with Crippen LogP contribution in [0, 0.1) is 5.92 Å². The molecule has 2 rings (SSSR count). The molecular formula is C13H23NO. The van der Waals surface area contributed by atoms with E-state index in [-0.39, 0.29) is 0 Å². The van der Waals surface area contributed by atoms with Gasteiger partial charge in [-0.05, 0) is 39.2 Å². The summed E-state index contributed by atoms with van der Waals surface area (Å²) in [6.07, 6.45) is 8.74. The van der Waals surface area contributed by atoms with Crippen LogP contribution in [0.2, 0.25) is 0 Å². The lowest BCUT2D eigenvalue weighted by Crippen LogP contribution is -2.35. The summed E-state index contributed by atoms with van der Waals surface area (Å²) >= 11 is 0. The van der Waals surface area contributed by atoms with E-state index in [4.69, 9.17) is 0 Å². The second-order valence-corrected chi connectivity index (χ2v) is 5.26. The molecule has 0 spiro atoms. The number of hydrogen-bond donors (Lipinski definition) is 0. The molecule has 0 aromatic carbocycles. The Kier molecular flexibility index (Phi) is 3.79. The maximum atomic E-state index is 12.1. The third-order valence-electron chi connectivity index (χ3n) is 4.11. The van der Waals surface area contributed by atoms with Crippen molar-refractivity contribution in [1.29, 1.82) is 0 Å². The Bertz CT molecular complexity index is 221. The summed E-state index contributed by atoms with van der Waals surface area (Å²) in [5.41, 5.74) is 0. The topological polar surface area (TPSA) is 20.3 Å². The van der Waals surface area contributed by atoms with Crippen LogP contribution in [0.1, 0.15) is 51.9 Å². The molecule has 0 radical (unpaired) electrons. The smallest absolute Gasteiger partial charge is 0.149 e. The van der Waals surface area contributed by atoms with Crippen LogP contribution in [0.25, 0.3) is 0 Å². The summed E-state index contributed by atoms with van der Waals surface area (Å²) in [7, 11) is 0. The fourth-order valence-corrected chi connectivity index (χ4v) is 2.98. The number of Topliss-reactive ketones (excluding diaryl/α,β-unsaturated/α-hetero) is 1. The number of nitrogens with zero attached hydrogens (tertiary/aromatic N) is 1. The monoisotopic (exact) mass is 209 g/mol. The number of hydrogen-bond acceptors (Lipinski definition) is 2. The average Bonchev–Trinajstić information content (AvgIpc) is 2.66. The minimum absolute atomic E-state index is 0.395. The lowest BCUT2D eigenvalue weighted by atomic mass is 9.86. The van der Waals surface area contributed by atoms with Gasteiger partial charge in [0.05, 0.1) is 6.54 Å². The number of carbonyl (C=O) groups excluding carboxylic acids is 1. The Morgan fingerprint density at radius 2 is 1.87 bits per heavy atom. The Labute approximate surface area is 93.0 Å². The summed E-state index contributed by atoms with van der Waals surface area (Å²) in [4.78, 5) is 14.4. The second-order valence-electron chi connectivity index (χ2n) is 5.26. The number of carbonyl (C=O) groups is 1. The normalized spacial score (nSPS) is 29.5. The Morgan fingerprint density at radius 3 is 2.47 bits per heavy atom. The first kappa shape index (κ1) is 11.1. The third kappa shape index (κ3) is 2.81. The Balaban J connectivity index is 1.80. The van der Waals surface area contributed by atoms with Gasteiger partial charge < -0.3 is 0 Å². The van der Waals surface area contributed by atoms with Crippen LogP contribution in [0.15, 0.2) is 0 Å². The zero-order valence-corrected chi connectivity index (χ0v) is 9.87. The average molecular weight is 209 g/mol. The molecule has 1 aliphatic carbocycles. The van der Waals surface area contributed by atoms with E-state index in [1.54, 1.807) is 0 Å². The zero-order valence-electron chi connectivity index (χ0n) is 9.87. The van der Waals surface area contributed by atoms with Gasteiger partial charge in [0.15, 0.2) is 0 Å². The number of ketones is 1. The van der Waals surface area contributed by atoms with Gasteiger partial charge in [0.25, 0.3) is 0 Å². The molecule has 1 aliphatic heterocycles. The molecule has 86 valence electrons. The van der Waals surface area contributed by atoms with Gasteiger partial charge in [-0.3, -0.25) is 9.69 Å². The predicted octanol–water partition coefficient (Wildman–Crippen LogP) is 2.62. The maximum Gasteiger partial charge on any atom is 0.149 e. The number of likely N-dealkylation sites (tertiary alicyclic amines) is 1. The molecule has 15 heavy (non-hydrogen) atoms. The Morgan fingerprint density at radius 1 is 1.13 bits per heavy atom. The lowest BCUT2D eigenvalue weighted by molar-refractivity contribution is -0.125. The van der Waals surface area contributed by atoms with Crippen molar-refractivity contribution in [2.24, 2.45) is 5.92 Å². The molecule has 1 atom stereocenters. The van der Waals surface area contributed by atoms with Gasteiger partial charge in [-0.15, -0.1) is 0 Å². The highest BCUT2D eigenvalue weighted by molar-refractivity contribution is 5.83. The summed E-state index contributed by atoms with van der Waals surface area (Å²) in [6.45, 7) is 4.12. The molecule has 0 N–H and O–H groups in total. The molecule has 2 aliphatic rings. The van der Waals surface area contributed by atoms with Crippen molar-refractivity contribution in [3.8, 4) is 0 Å². The van der Waals surface area contributed by atoms with Crippen LogP contribution < -0.4 is 0 Å². The van der Waals surface area contributed by atoms with E-state index >= 15 is 0 Å². The maximum absolute atomic E-state index is 12.1. The molecule has 0 bridgehead atoms. The van der Waals surface area contributed by atoms with Gasteiger partial charge in [0.1, 0.15) is 5.78 Å². The molecule has 2 nitrogen and oxygen atoms in total. The van der Waals surface area contributed by atoms with Crippen molar-refractivity contribution >= 4 is 5.78 Å². The van der Waals surface area contributed by atoms with Crippen LogP contribution in [0.3, 0.4) is 0 Å². The number of rotatable bonds is 3. The standard InChI is InChI=1S/C13H23NO/c1-11-6-5-9-14(11)10-13(15)12-7-3-2-4-8-12/h11-12H,2-10H2,1H3. The summed E-state index contributed by atoms with van der Waals surface area (Å²) < 4.78 is 0. The van der Waals surface area contributed by atoms with E-state index in [0.29, 0.717) is 17.7 Å². The van der Waals surface area contributed by atoms with Gasteiger partial charge >= 0.3 is 0 Å². The van der Waals surface area contributed by atoms with Crippen LogP contribution in [0.4, 0.5) is 0 Å². The first-order chi connectivity index (χ1) is 7.27.